The summed E-state index contributed by atoms with van der Waals surface area (Å²) in [4.78, 5) is 15.0. The Balaban J connectivity index is 2.11. The predicted molar refractivity (Wildman–Crippen MR) is 79.6 cm³/mol. The first-order valence-electron chi connectivity index (χ1n) is 7.17. The second-order valence-electron chi connectivity index (χ2n) is 6.06. The van der Waals surface area contributed by atoms with E-state index in [2.05, 4.69) is 28.3 Å². The van der Waals surface area contributed by atoms with Gasteiger partial charge in [0.2, 0.25) is 5.91 Å². The summed E-state index contributed by atoms with van der Waals surface area (Å²) in [7, 11) is 0. The van der Waals surface area contributed by atoms with Crippen molar-refractivity contribution in [3.8, 4) is 5.75 Å². The number of nitrogens with zero attached hydrogens (tertiary/aromatic N) is 3. The van der Waals surface area contributed by atoms with Gasteiger partial charge in [0.05, 0.1) is 17.6 Å². The van der Waals surface area contributed by atoms with Crippen molar-refractivity contribution in [1.82, 2.24) is 0 Å². The maximum absolute atomic E-state index is 12.2. The van der Waals surface area contributed by atoms with Crippen LogP contribution in [-0.4, -0.2) is 18.6 Å². The van der Waals surface area contributed by atoms with E-state index in [-0.39, 0.29) is 12.0 Å². The number of amides is 1. The molecule has 1 aromatic carbocycles. The normalized spacial score (nSPS) is 21.1. The van der Waals surface area contributed by atoms with E-state index in [4.69, 9.17) is 10.3 Å². The van der Waals surface area contributed by atoms with Crippen LogP contribution in [0.25, 0.3) is 10.4 Å². The Hall–Kier alpha value is -2.20. The Kier molecular flexibility index (Phi) is 3.06. The Morgan fingerprint density at radius 3 is 3.00 bits per heavy atom. The summed E-state index contributed by atoms with van der Waals surface area (Å²) >= 11 is 0. The van der Waals surface area contributed by atoms with Gasteiger partial charge in [-0.25, -0.2) is 0 Å². The fraction of sp³-hybridized carbons (Fsp3) is 0.533. The number of carbonyl (C=O) groups is 1. The topological polar surface area (TPSA) is 87.1 Å². The van der Waals surface area contributed by atoms with Crippen molar-refractivity contribution in [3.63, 3.8) is 0 Å². The minimum atomic E-state index is -0.599. The Bertz CT molecular complexity index is 675. The van der Waals surface area contributed by atoms with E-state index in [1.165, 1.54) is 0 Å². The van der Waals surface area contributed by atoms with E-state index < -0.39 is 5.41 Å². The molecule has 2 aliphatic heterocycles. The highest BCUT2D eigenvalue weighted by atomic mass is 16.5. The first-order valence-corrected chi connectivity index (χ1v) is 7.17. The SMILES string of the molecule is CCc1cc2c(c3c1NC(=O)C3(C)C)OC(CN=[N+]=[N-])C2. The summed E-state index contributed by atoms with van der Waals surface area (Å²) < 4.78 is 5.98. The van der Waals surface area contributed by atoms with Crippen molar-refractivity contribution in [3.05, 3.63) is 33.2 Å². The molecule has 0 aromatic heterocycles. The van der Waals surface area contributed by atoms with Crippen LogP contribution in [-0.2, 0) is 23.1 Å². The third-order valence-electron chi connectivity index (χ3n) is 4.33. The van der Waals surface area contributed by atoms with Crippen LogP contribution >= 0.6 is 0 Å². The largest absolute Gasteiger partial charge is 0.489 e. The number of hydrogen-bond donors (Lipinski definition) is 1. The van der Waals surface area contributed by atoms with E-state index in [1.807, 2.05) is 13.8 Å². The highest BCUT2D eigenvalue weighted by molar-refractivity contribution is 6.07. The van der Waals surface area contributed by atoms with Gasteiger partial charge in [0.25, 0.3) is 0 Å². The van der Waals surface area contributed by atoms with Crippen LogP contribution in [0.1, 0.15) is 37.5 Å². The quantitative estimate of drug-likeness (QED) is 0.525. The van der Waals surface area contributed by atoms with Gasteiger partial charge in [-0.05, 0) is 43.0 Å². The molecular formula is C15H18N4O2. The van der Waals surface area contributed by atoms with Gasteiger partial charge in [0.1, 0.15) is 11.9 Å². The first-order chi connectivity index (χ1) is 9.98. The lowest BCUT2D eigenvalue weighted by atomic mass is 9.83. The summed E-state index contributed by atoms with van der Waals surface area (Å²) in [6.07, 6.45) is 1.44. The number of azide groups is 1. The summed E-state index contributed by atoms with van der Waals surface area (Å²) in [6, 6.07) is 2.10. The van der Waals surface area contributed by atoms with E-state index in [9.17, 15) is 4.79 Å². The molecule has 0 saturated carbocycles. The predicted octanol–water partition coefficient (Wildman–Crippen LogP) is 3.09. The molecule has 21 heavy (non-hydrogen) atoms. The number of aryl methyl sites for hydroxylation is 1. The third-order valence-corrected chi connectivity index (χ3v) is 4.33. The molecule has 0 spiro atoms. The lowest BCUT2D eigenvalue weighted by Crippen LogP contribution is -2.27. The van der Waals surface area contributed by atoms with Gasteiger partial charge < -0.3 is 10.1 Å². The minimum absolute atomic E-state index is 0.00250. The average Bonchev–Trinajstić information content (AvgIpc) is 2.95. The average molecular weight is 286 g/mol. The molecule has 2 aliphatic rings. The highest BCUT2D eigenvalue weighted by Crippen LogP contribution is 2.49. The molecule has 6 heteroatoms. The van der Waals surface area contributed by atoms with Gasteiger partial charge in [-0.15, -0.1) is 0 Å². The summed E-state index contributed by atoms with van der Waals surface area (Å²) in [5, 5.41) is 6.59. The lowest BCUT2D eigenvalue weighted by Gasteiger charge is -2.19. The molecule has 1 atom stereocenters. The zero-order chi connectivity index (χ0) is 15.2. The van der Waals surface area contributed by atoms with Gasteiger partial charge in [-0.2, -0.15) is 0 Å². The summed E-state index contributed by atoms with van der Waals surface area (Å²) in [5.74, 6) is 0.798. The number of hydrogen-bond acceptors (Lipinski definition) is 3. The van der Waals surface area contributed by atoms with Gasteiger partial charge in [0, 0.05) is 16.9 Å². The maximum atomic E-state index is 12.2. The number of carbonyl (C=O) groups excluding carboxylic acids is 1. The molecule has 6 nitrogen and oxygen atoms in total. The number of fused-ring (bicyclic) bond motifs is 3. The first kappa shape index (κ1) is 13.8. The smallest absolute Gasteiger partial charge is 0.234 e. The van der Waals surface area contributed by atoms with Crippen LogP contribution in [0.3, 0.4) is 0 Å². The number of ether oxygens (including phenoxy) is 1. The number of benzene rings is 1. The molecule has 0 saturated heterocycles. The van der Waals surface area contributed by atoms with Crippen molar-refractivity contribution >= 4 is 11.6 Å². The lowest BCUT2D eigenvalue weighted by molar-refractivity contribution is -0.119. The molecular weight excluding hydrogens is 268 g/mol. The fourth-order valence-corrected chi connectivity index (χ4v) is 3.15. The molecule has 3 rings (SSSR count). The van der Waals surface area contributed by atoms with E-state index in [0.717, 1.165) is 41.0 Å². The second-order valence-corrected chi connectivity index (χ2v) is 6.06. The van der Waals surface area contributed by atoms with Crippen molar-refractivity contribution in [2.45, 2.75) is 45.1 Å². The monoisotopic (exact) mass is 286 g/mol. The van der Waals surface area contributed by atoms with Crippen molar-refractivity contribution in [1.29, 1.82) is 0 Å². The zero-order valence-electron chi connectivity index (χ0n) is 12.4. The molecule has 1 N–H and O–H groups in total. The van der Waals surface area contributed by atoms with Gasteiger partial charge in [-0.3, -0.25) is 4.79 Å². The van der Waals surface area contributed by atoms with Crippen LogP contribution < -0.4 is 10.1 Å². The Morgan fingerprint density at radius 2 is 2.33 bits per heavy atom. The number of anilines is 1. The van der Waals surface area contributed by atoms with Crippen molar-refractivity contribution in [2.24, 2.45) is 5.11 Å². The van der Waals surface area contributed by atoms with Crippen LogP contribution in [0.5, 0.6) is 5.75 Å². The molecule has 110 valence electrons. The highest BCUT2D eigenvalue weighted by Gasteiger charge is 2.44. The summed E-state index contributed by atoms with van der Waals surface area (Å²) in [5.41, 5.74) is 11.9. The zero-order valence-corrected chi connectivity index (χ0v) is 12.4. The molecule has 1 aromatic rings. The molecule has 0 bridgehead atoms. The number of rotatable bonds is 3. The van der Waals surface area contributed by atoms with Gasteiger partial charge >= 0.3 is 0 Å². The summed E-state index contributed by atoms with van der Waals surface area (Å²) in [6.45, 7) is 6.21. The van der Waals surface area contributed by atoms with Gasteiger partial charge in [0.15, 0.2) is 0 Å². The molecule has 0 radical (unpaired) electrons. The maximum Gasteiger partial charge on any atom is 0.234 e. The van der Waals surface area contributed by atoms with Crippen LogP contribution in [0, 0.1) is 0 Å². The molecule has 2 heterocycles. The van der Waals surface area contributed by atoms with E-state index in [0.29, 0.717) is 6.54 Å². The van der Waals surface area contributed by atoms with Crippen LogP contribution in [0.15, 0.2) is 11.2 Å². The van der Waals surface area contributed by atoms with Crippen LogP contribution in [0.4, 0.5) is 5.69 Å². The minimum Gasteiger partial charge on any atom is -0.489 e. The van der Waals surface area contributed by atoms with Crippen molar-refractivity contribution < 1.29 is 9.53 Å². The molecule has 0 aliphatic carbocycles. The van der Waals surface area contributed by atoms with Crippen molar-refractivity contribution in [2.75, 3.05) is 11.9 Å². The Labute approximate surface area is 123 Å². The Morgan fingerprint density at radius 1 is 1.57 bits per heavy atom. The van der Waals surface area contributed by atoms with E-state index in [1.54, 1.807) is 0 Å². The fourth-order valence-electron chi connectivity index (χ4n) is 3.15. The standard InChI is InChI=1S/C15H18N4O2/c1-4-8-5-9-6-10(7-17-19-16)21-13(9)11-12(8)18-14(20)15(11,2)3/h5,10H,4,6-7H2,1-3H3,(H,18,20). The van der Waals surface area contributed by atoms with Crippen LogP contribution in [0.2, 0.25) is 0 Å². The molecule has 0 fully saturated rings. The third kappa shape index (κ3) is 1.94. The van der Waals surface area contributed by atoms with Gasteiger partial charge in [-0.1, -0.05) is 12.0 Å². The number of nitrogens with one attached hydrogen (secondary N) is 1. The molecule has 1 amide bonds. The second kappa shape index (κ2) is 4.67. The molecule has 1 unspecified atom stereocenters. The van der Waals surface area contributed by atoms with E-state index >= 15 is 0 Å².